The van der Waals surface area contributed by atoms with Crippen LogP contribution in [0.5, 0.6) is 0 Å². The molecule has 1 saturated heterocycles. The first-order valence-electron chi connectivity index (χ1n) is 6.61. The molecule has 1 aliphatic rings. The molecule has 1 atom stereocenters. The molecule has 106 valence electrons. The zero-order valence-corrected chi connectivity index (χ0v) is 11.9. The van der Waals surface area contributed by atoms with Crippen LogP contribution in [0, 0.1) is 0 Å². The van der Waals surface area contributed by atoms with Crippen LogP contribution in [0.25, 0.3) is 0 Å². The number of hydrogen-bond acceptors (Lipinski definition) is 5. The summed E-state index contributed by atoms with van der Waals surface area (Å²) < 4.78 is 1.36. The molecule has 0 amide bonds. The highest BCUT2D eigenvalue weighted by molar-refractivity contribution is 7.99. The summed E-state index contributed by atoms with van der Waals surface area (Å²) >= 11 is 1.92. The van der Waals surface area contributed by atoms with Crippen molar-refractivity contribution >= 4 is 23.3 Å². The lowest BCUT2D eigenvalue weighted by molar-refractivity contribution is 0.674. The first kappa shape index (κ1) is 14.0. The first-order valence-corrected chi connectivity index (χ1v) is 7.66. The van der Waals surface area contributed by atoms with Gasteiger partial charge in [-0.2, -0.15) is 11.8 Å². The van der Waals surface area contributed by atoms with E-state index in [1.807, 2.05) is 18.7 Å². The van der Waals surface area contributed by atoms with Crippen LogP contribution in [0.2, 0.25) is 0 Å². The molecule has 0 saturated carbocycles. The number of nitrogens with zero attached hydrogens (tertiary/aromatic N) is 1. The Kier molecular flexibility index (Phi) is 4.57. The van der Waals surface area contributed by atoms with Gasteiger partial charge in [-0.1, -0.05) is 6.42 Å². The lowest BCUT2D eigenvalue weighted by Gasteiger charge is -2.22. The van der Waals surface area contributed by atoms with Gasteiger partial charge in [0.05, 0.1) is 0 Å². The lowest BCUT2D eigenvalue weighted by Crippen LogP contribution is -2.34. The highest BCUT2D eigenvalue weighted by atomic mass is 32.2. The SMILES string of the molecule is CCn1c(N)c(NCC2CCCCS2)c(=O)[nH]c1=O. The van der Waals surface area contributed by atoms with E-state index in [1.54, 1.807) is 0 Å². The number of anilines is 2. The standard InChI is InChI=1S/C12H20N4O2S/c1-2-16-10(13)9(11(17)15-12(16)18)14-7-8-5-3-4-6-19-8/h8,14H,2-7,13H2,1H3,(H,15,17,18). The van der Waals surface area contributed by atoms with Crippen molar-refractivity contribution in [2.75, 3.05) is 23.3 Å². The molecule has 6 nitrogen and oxygen atoms in total. The third-order valence-corrected chi connectivity index (χ3v) is 4.73. The number of thioether (sulfide) groups is 1. The average Bonchev–Trinajstić information content (AvgIpc) is 2.39. The normalized spacial score (nSPS) is 19.3. The third-order valence-electron chi connectivity index (χ3n) is 3.34. The maximum Gasteiger partial charge on any atom is 0.330 e. The minimum absolute atomic E-state index is 0.219. The average molecular weight is 284 g/mol. The molecule has 0 radical (unpaired) electrons. The van der Waals surface area contributed by atoms with Gasteiger partial charge in [0.25, 0.3) is 5.56 Å². The van der Waals surface area contributed by atoms with Gasteiger partial charge in [0.2, 0.25) is 0 Å². The number of nitrogen functional groups attached to an aromatic ring is 1. The van der Waals surface area contributed by atoms with Gasteiger partial charge in [-0.3, -0.25) is 14.3 Å². The van der Waals surface area contributed by atoms with Gasteiger partial charge in [-0.15, -0.1) is 0 Å². The molecule has 1 aromatic heterocycles. The van der Waals surface area contributed by atoms with Gasteiger partial charge < -0.3 is 11.1 Å². The number of aromatic nitrogens is 2. The van der Waals surface area contributed by atoms with Gasteiger partial charge >= 0.3 is 5.69 Å². The van der Waals surface area contributed by atoms with Crippen molar-refractivity contribution in [3.8, 4) is 0 Å². The monoisotopic (exact) mass is 284 g/mol. The summed E-state index contributed by atoms with van der Waals surface area (Å²) in [5.41, 5.74) is 5.30. The number of rotatable bonds is 4. The molecular weight excluding hydrogens is 264 g/mol. The second-order valence-electron chi connectivity index (χ2n) is 4.63. The van der Waals surface area contributed by atoms with Crippen molar-refractivity contribution in [3.63, 3.8) is 0 Å². The van der Waals surface area contributed by atoms with Crippen LogP contribution >= 0.6 is 11.8 Å². The van der Waals surface area contributed by atoms with E-state index in [9.17, 15) is 9.59 Å². The molecule has 0 bridgehead atoms. The zero-order valence-electron chi connectivity index (χ0n) is 11.1. The van der Waals surface area contributed by atoms with Crippen molar-refractivity contribution in [1.82, 2.24) is 9.55 Å². The first-order chi connectivity index (χ1) is 9.13. The third kappa shape index (κ3) is 3.15. The Morgan fingerprint density at radius 3 is 2.89 bits per heavy atom. The number of nitrogens with two attached hydrogens (primary N) is 1. The van der Waals surface area contributed by atoms with E-state index in [4.69, 9.17) is 5.73 Å². The number of H-pyrrole nitrogens is 1. The molecule has 1 fully saturated rings. The van der Waals surface area contributed by atoms with Gasteiger partial charge in [-0.05, 0) is 25.5 Å². The van der Waals surface area contributed by atoms with Crippen LogP contribution in [0.3, 0.4) is 0 Å². The Morgan fingerprint density at radius 2 is 2.26 bits per heavy atom. The maximum atomic E-state index is 11.8. The Hall–Kier alpha value is -1.37. The predicted molar refractivity (Wildman–Crippen MR) is 80.0 cm³/mol. The Labute approximate surface area is 115 Å². The molecule has 0 spiro atoms. The Bertz CT molecular complexity index is 546. The van der Waals surface area contributed by atoms with Crippen molar-refractivity contribution < 1.29 is 0 Å². The highest BCUT2D eigenvalue weighted by Gasteiger charge is 2.16. The topological polar surface area (TPSA) is 92.9 Å². The fourth-order valence-electron chi connectivity index (χ4n) is 2.26. The Balaban J connectivity index is 2.15. The van der Waals surface area contributed by atoms with Crippen LogP contribution in [-0.2, 0) is 6.54 Å². The number of aromatic amines is 1. The van der Waals surface area contributed by atoms with E-state index in [0.29, 0.717) is 24.0 Å². The molecule has 0 aliphatic carbocycles. The molecule has 7 heteroatoms. The van der Waals surface area contributed by atoms with Crippen LogP contribution in [0.15, 0.2) is 9.59 Å². The van der Waals surface area contributed by atoms with Crippen molar-refractivity contribution in [1.29, 1.82) is 0 Å². The van der Waals surface area contributed by atoms with E-state index in [1.165, 1.54) is 23.2 Å². The summed E-state index contributed by atoms with van der Waals surface area (Å²) in [6.45, 7) is 2.96. The summed E-state index contributed by atoms with van der Waals surface area (Å²) in [6, 6.07) is 0. The fourth-order valence-corrected chi connectivity index (χ4v) is 3.50. The molecule has 1 aromatic rings. The van der Waals surface area contributed by atoms with Gasteiger partial charge in [0.1, 0.15) is 11.5 Å². The maximum absolute atomic E-state index is 11.8. The summed E-state index contributed by atoms with van der Waals surface area (Å²) in [7, 11) is 0. The zero-order chi connectivity index (χ0) is 13.8. The smallest absolute Gasteiger partial charge is 0.330 e. The van der Waals surface area contributed by atoms with Crippen molar-refractivity contribution in [2.45, 2.75) is 38.0 Å². The summed E-state index contributed by atoms with van der Waals surface area (Å²) in [6.07, 6.45) is 3.66. The van der Waals surface area contributed by atoms with Gasteiger partial charge in [0, 0.05) is 18.3 Å². The molecular formula is C12H20N4O2S. The van der Waals surface area contributed by atoms with E-state index in [2.05, 4.69) is 10.3 Å². The molecule has 19 heavy (non-hydrogen) atoms. The predicted octanol–water partition coefficient (Wildman–Crippen LogP) is 0.836. The summed E-state index contributed by atoms with van der Waals surface area (Å²) in [5, 5.41) is 3.61. The molecule has 1 aliphatic heterocycles. The minimum atomic E-state index is -0.456. The van der Waals surface area contributed by atoms with Gasteiger partial charge in [-0.25, -0.2) is 4.79 Å². The number of hydrogen-bond donors (Lipinski definition) is 3. The Morgan fingerprint density at radius 1 is 1.47 bits per heavy atom. The quantitative estimate of drug-likeness (QED) is 0.762. The van der Waals surface area contributed by atoms with Crippen LogP contribution in [-0.4, -0.2) is 27.1 Å². The molecule has 0 aromatic carbocycles. The second kappa shape index (κ2) is 6.18. The summed E-state index contributed by atoms with van der Waals surface area (Å²) in [5.74, 6) is 1.39. The second-order valence-corrected chi connectivity index (χ2v) is 6.04. The highest BCUT2D eigenvalue weighted by Crippen LogP contribution is 2.25. The largest absolute Gasteiger partial charge is 0.383 e. The van der Waals surface area contributed by atoms with Gasteiger partial charge in [0.15, 0.2) is 0 Å². The van der Waals surface area contributed by atoms with E-state index < -0.39 is 11.2 Å². The summed E-state index contributed by atoms with van der Waals surface area (Å²) in [4.78, 5) is 25.6. The van der Waals surface area contributed by atoms with Crippen LogP contribution in [0.4, 0.5) is 11.5 Å². The van der Waals surface area contributed by atoms with E-state index in [-0.39, 0.29) is 5.82 Å². The lowest BCUT2D eigenvalue weighted by atomic mass is 10.2. The molecule has 1 unspecified atom stereocenters. The molecule has 4 N–H and O–H groups in total. The van der Waals surface area contributed by atoms with E-state index >= 15 is 0 Å². The molecule has 2 rings (SSSR count). The van der Waals surface area contributed by atoms with E-state index in [0.717, 1.165) is 6.42 Å². The minimum Gasteiger partial charge on any atom is -0.383 e. The van der Waals surface area contributed by atoms with Crippen molar-refractivity contribution in [3.05, 3.63) is 20.8 Å². The van der Waals surface area contributed by atoms with Crippen LogP contribution < -0.4 is 22.3 Å². The number of nitrogens with one attached hydrogen (secondary N) is 2. The molecule has 2 heterocycles. The fraction of sp³-hybridized carbons (Fsp3) is 0.667. The van der Waals surface area contributed by atoms with Crippen LogP contribution in [0.1, 0.15) is 26.2 Å². The van der Waals surface area contributed by atoms with Crippen molar-refractivity contribution in [2.24, 2.45) is 0 Å².